The molecule has 4 rings (SSSR count). The summed E-state index contributed by atoms with van der Waals surface area (Å²) in [5.41, 5.74) is 2.65. The van der Waals surface area contributed by atoms with Crippen LogP contribution in [0.15, 0.2) is 54.6 Å². The van der Waals surface area contributed by atoms with E-state index in [1.54, 1.807) is 48.5 Å². The monoisotopic (exact) mass is 389 g/mol. The second-order valence-electron chi connectivity index (χ2n) is 6.71. The van der Waals surface area contributed by atoms with E-state index in [-0.39, 0.29) is 12.5 Å². The topological polar surface area (TPSA) is 98.7 Å². The number of hydrogen-bond donors (Lipinski definition) is 3. The molecule has 0 saturated carbocycles. The lowest BCUT2D eigenvalue weighted by Crippen LogP contribution is -2.40. The number of anilines is 3. The van der Waals surface area contributed by atoms with Gasteiger partial charge in [0.05, 0.1) is 12.3 Å². The maximum absolute atomic E-state index is 13.2. The molecule has 0 unspecified atom stereocenters. The largest absolute Gasteiger partial charge is 0.395 e. The molecule has 7 heteroatoms. The van der Waals surface area contributed by atoms with Crippen LogP contribution in [0.25, 0.3) is 10.8 Å². The molecule has 0 aliphatic carbocycles. The first-order valence-corrected chi connectivity index (χ1v) is 9.18. The van der Waals surface area contributed by atoms with Gasteiger partial charge in [-0.2, -0.15) is 0 Å². The number of nitrogens with zero attached hydrogens (tertiary/aromatic N) is 1. The van der Waals surface area contributed by atoms with Crippen molar-refractivity contribution in [1.29, 1.82) is 0 Å². The Bertz CT molecular complexity index is 1120. The number of aliphatic hydroxyl groups is 1. The summed E-state index contributed by atoms with van der Waals surface area (Å²) in [4.78, 5) is 38.7. The fourth-order valence-electron chi connectivity index (χ4n) is 3.57. The average Bonchev–Trinajstić information content (AvgIpc) is 2.71. The van der Waals surface area contributed by atoms with Gasteiger partial charge in [-0.25, -0.2) is 4.90 Å². The number of carbonyl (C=O) groups is 3. The Labute approximate surface area is 166 Å². The van der Waals surface area contributed by atoms with Crippen molar-refractivity contribution in [1.82, 2.24) is 0 Å². The van der Waals surface area contributed by atoms with Crippen LogP contribution in [-0.2, 0) is 4.79 Å². The van der Waals surface area contributed by atoms with Crippen LogP contribution in [0.5, 0.6) is 0 Å². The summed E-state index contributed by atoms with van der Waals surface area (Å²) in [7, 11) is 0. The molecule has 7 nitrogen and oxygen atoms in total. The van der Waals surface area contributed by atoms with Crippen molar-refractivity contribution in [3.05, 3.63) is 65.7 Å². The number of amides is 3. The normalized spacial score (nSPS) is 13.0. The van der Waals surface area contributed by atoms with Gasteiger partial charge in [0.2, 0.25) is 5.91 Å². The van der Waals surface area contributed by atoms with Crippen molar-refractivity contribution in [3.63, 3.8) is 0 Å². The number of rotatable bonds is 5. The van der Waals surface area contributed by atoms with Gasteiger partial charge in [-0.05, 0) is 42.5 Å². The summed E-state index contributed by atoms with van der Waals surface area (Å²) in [6.45, 7) is 1.75. The number of benzene rings is 3. The molecule has 0 radical (unpaired) electrons. The van der Waals surface area contributed by atoms with Crippen molar-refractivity contribution in [3.8, 4) is 0 Å². The summed E-state index contributed by atoms with van der Waals surface area (Å²) in [5.74, 6) is -1.01. The Kier molecular flexibility index (Phi) is 4.74. The summed E-state index contributed by atoms with van der Waals surface area (Å²) in [6.07, 6.45) is 0. The molecule has 3 aromatic carbocycles. The van der Waals surface area contributed by atoms with Gasteiger partial charge in [-0.3, -0.25) is 14.4 Å². The van der Waals surface area contributed by atoms with E-state index < -0.39 is 11.8 Å². The Morgan fingerprint density at radius 2 is 1.66 bits per heavy atom. The lowest BCUT2D eigenvalue weighted by atomic mass is 9.92. The highest BCUT2D eigenvalue weighted by Gasteiger charge is 2.34. The Balaban J connectivity index is 1.78. The minimum absolute atomic E-state index is 0.0247. The molecule has 3 N–H and O–H groups in total. The molecule has 0 bridgehead atoms. The molecule has 0 aromatic heterocycles. The molecule has 3 amide bonds. The summed E-state index contributed by atoms with van der Waals surface area (Å²) < 4.78 is 0. The van der Waals surface area contributed by atoms with Gasteiger partial charge in [-0.1, -0.05) is 12.1 Å². The van der Waals surface area contributed by atoms with Crippen molar-refractivity contribution >= 4 is 45.6 Å². The lowest BCUT2D eigenvalue weighted by molar-refractivity contribution is -0.114. The van der Waals surface area contributed by atoms with E-state index in [1.165, 1.54) is 6.92 Å². The highest BCUT2D eigenvalue weighted by atomic mass is 16.3. The first-order valence-electron chi connectivity index (χ1n) is 9.18. The van der Waals surface area contributed by atoms with Crippen LogP contribution in [0.3, 0.4) is 0 Å². The van der Waals surface area contributed by atoms with Gasteiger partial charge < -0.3 is 15.7 Å². The number of imide groups is 1. The lowest BCUT2D eigenvalue weighted by Gasteiger charge is -2.28. The fraction of sp³-hybridized carbons (Fsp3) is 0.136. The molecule has 0 fully saturated rings. The van der Waals surface area contributed by atoms with Gasteiger partial charge >= 0.3 is 0 Å². The van der Waals surface area contributed by atoms with Crippen molar-refractivity contribution in [2.24, 2.45) is 0 Å². The maximum Gasteiger partial charge on any atom is 0.265 e. The fourth-order valence-corrected chi connectivity index (χ4v) is 3.57. The second kappa shape index (κ2) is 7.37. The summed E-state index contributed by atoms with van der Waals surface area (Å²) >= 11 is 0. The van der Waals surface area contributed by atoms with Crippen LogP contribution in [0.4, 0.5) is 17.1 Å². The Morgan fingerprint density at radius 1 is 0.966 bits per heavy atom. The van der Waals surface area contributed by atoms with Crippen LogP contribution >= 0.6 is 0 Å². The third-order valence-corrected chi connectivity index (χ3v) is 4.78. The minimum atomic E-state index is -0.403. The first kappa shape index (κ1) is 18.6. The highest BCUT2D eigenvalue weighted by Crippen LogP contribution is 2.36. The number of carbonyl (C=O) groups excluding carboxylic acids is 3. The maximum atomic E-state index is 13.2. The predicted octanol–water partition coefficient (Wildman–Crippen LogP) is 3.00. The molecule has 29 heavy (non-hydrogen) atoms. The molecule has 0 saturated heterocycles. The van der Waals surface area contributed by atoms with E-state index >= 15 is 0 Å². The minimum Gasteiger partial charge on any atom is -0.395 e. The predicted molar refractivity (Wildman–Crippen MR) is 111 cm³/mol. The number of aliphatic hydroxyl groups excluding tert-OH is 1. The Hall–Kier alpha value is -3.71. The van der Waals surface area contributed by atoms with Crippen LogP contribution in [0, 0.1) is 0 Å². The Morgan fingerprint density at radius 3 is 2.31 bits per heavy atom. The zero-order valence-electron chi connectivity index (χ0n) is 15.7. The second-order valence-corrected chi connectivity index (χ2v) is 6.71. The molecule has 3 aromatic rings. The first-order chi connectivity index (χ1) is 14.0. The van der Waals surface area contributed by atoms with E-state index in [1.807, 2.05) is 6.07 Å². The average molecular weight is 389 g/mol. The third kappa shape index (κ3) is 3.21. The van der Waals surface area contributed by atoms with Gasteiger partial charge in [0.25, 0.3) is 11.8 Å². The van der Waals surface area contributed by atoms with E-state index in [0.717, 1.165) is 16.0 Å². The van der Waals surface area contributed by atoms with Gasteiger partial charge in [0.1, 0.15) is 0 Å². The van der Waals surface area contributed by atoms with Gasteiger partial charge in [0.15, 0.2) is 0 Å². The van der Waals surface area contributed by atoms with Crippen LogP contribution in [-0.4, -0.2) is 36.0 Å². The summed E-state index contributed by atoms with van der Waals surface area (Å²) in [6, 6.07) is 15.4. The van der Waals surface area contributed by atoms with E-state index in [0.29, 0.717) is 34.4 Å². The number of nitrogens with one attached hydrogen (secondary N) is 2. The van der Waals surface area contributed by atoms with Crippen molar-refractivity contribution < 1.29 is 19.5 Å². The molecular formula is C22H19N3O4. The zero-order valence-corrected chi connectivity index (χ0v) is 15.7. The van der Waals surface area contributed by atoms with Crippen molar-refractivity contribution in [2.75, 3.05) is 28.7 Å². The standard InChI is InChI=1S/C22H19N3O4/c1-13(27)24-14-5-7-15(8-6-14)25-21(28)17-4-2-3-16-19(23-11-12-26)10-9-18(20(16)17)22(25)29/h2-10,23,26H,11-12H2,1H3,(H,24,27). The van der Waals surface area contributed by atoms with E-state index in [2.05, 4.69) is 10.6 Å². The molecule has 0 spiro atoms. The molecule has 1 heterocycles. The summed E-state index contributed by atoms with van der Waals surface area (Å²) in [5, 5.41) is 16.2. The smallest absolute Gasteiger partial charge is 0.265 e. The highest BCUT2D eigenvalue weighted by molar-refractivity contribution is 6.36. The number of hydrogen-bond acceptors (Lipinski definition) is 5. The van der Waals surface area contributed by atoms with Crippen LogP contribution < -0.4 is 15.5 Å². The molecule has 146 valence electrons. The quantitative estimate of drug-likeness (QED) is 0.583. The third-order valence-electron chi connectivity index (χ3n) is 4.78. The van der Waals surface area contributed by atoms with Gasteiger partial charge in [0, 0.05) is 46.7 Å². The van der Waals surface area contributed by atoms with Crippen molar-refractivity contribution in [2.45, 2.75) is 6.92 Å². The van der Waals surface area contributed by atoms with Gasteiger partial charge in [-0.15, -0.1) is 0 Å². The van der Waals surface area contributed by atoms with E-state index in [4.69, 9.17) is 5.11 Å². The van der Waals surface area contributed by atoms with Crippen LogP contribution in [0.1, 0.15) is 27.6 Å². The van der Waals surface area contributed by atoms with E-state index in [9.17, 15) is 14.4 Å². The SMILES string of the molecule is CC(=O)Nc1ccc(N2C(=O)c3cccc4c(NCCO)ccc(c34)C2=O)cc1. The zero-order chi connectivity index (χ0) is 20.5. The molecular weight excluding hydrogens is 370 g/mol. The van der Waals surface area contributed by atoms with Crippen LogP contribution in [0.2, 0.25) is 0 Å². The molecule has 1 aliphatic heterocycles. The molecule has 0 atom stereocenters. The molecule has 1 aliphatic rings.